The van der Waals surface area contributed by atoms with Gasteiger partial charge in [0, 0.05) is 31.2 Å². The van der Waals surface area contributed by atoms with Crippen LogP contribution in [0.2, 0.25) is 0 Å². The Hall–Kier alpha value is -0.340. The Bertz CT molecular complexity index is 262. The average Bonchev–Trinajstić information content (AvgIpc) is 2.74. The summed E-state index contributed by atoms with van der Waals surface area (Å²) in [4.78, 5) is 5.47. The standard InChI is InChI=1S/C15H28N2/c1-5-7-13(4)17-10-14-8-6-9-16(14)11-15(17)12(2)3/h5,12-15H,1,6-11H2,2-4H3. The van der Waals surface area contributed by atoms with Crippen molar-refractivity contribution in [1.29, 1.82) is 0 Å². The summed E-state index contributed by atoms with van der Waals surface area (Å²) < 4.78 is 0. The lowest BCUT2D eigenvalue weighted by molar-refractivity contribution is 0.00554. The highest BCUT2D eigenvalue weighted by Crippen LogP contribution is 2.29. The molecule has 0 aliphatic carbocycles. The molecule has 3 atom stereocenters. The molecule has 0 aromatic rings. The first-order chi connectivity index (χ1) is 8.13. The van der Waals surface area contributed by atoms with Gasteiger partial charge in [0.1, 0.15) is 0 Å². The molecule has 2 rings (SSSR count). The van der Waals surface area contributed by atoms with Crippen LogP contribution in [0.25, 0.3) is 0 Å². The summed E-state index contributed by atoms with van der Waals surface area (Å²) in [5.41, 5.74) is 0. The van der Waals surface area contributed by atoms with Crippen molar-refractivity contribution in [3.05, 3.63) is 12.7 Å². The van der Waals surface area contributed by atoms with Crippen LogP contribution in [-0.2, 0) is 0 Å². The molecule has 0 bridgehead atoms. The van der Waals surface area contributed by atoms with E-state index in [0.29, 0.717) is 6.04 Å². The van der Waals surface area contributed by atoms with Gasteiger partial charge in [-0.25, -0.2) is 0 Å². The third-order valence-electron chi connectivity index (χ3n) is 4.61. The Morgan fingerprint density at radius 2 is 2.06 bits per heavy atom. The first-order valence-corrected chi connectivity index (χ1v) is 7.24. The predicted octanol–water partition coefficient (Wildman–Crippen LogP) is 2.76. The van der Waals surface area contributed by atoms with Crippen LogP contribution in [0.1, 0.15) is 40.0 Å². The molecular formula is C15H28N2. The van der Waals surface area contributed by atoms with Crippen molar-refractivity contribution in [3.63, 3.8) is 0 Å². The van der Waals surface area contributed by atoms with E-state index in [4.69, 9.17) is 0 Å². The Morgan fingerprint density at radius 3 is 2.71 bits per heavy atom. The third kappa shape index (κ3) is 2.74. The Balaban J connectivity index is 2.07. The van der Waals surface area contributed by atoms with E-state index in [1.54, 1.807) is 0 Å². The first kappa shape index (κ1) is 13.1. The molecule has 0 spiro atoms. The molecule has 0 amide bonds. The van der Waals surface area contributed by atoms with Crippen LogP contribution in [0.5, 0.6) is 0 Å². The maximum atomic E-state index is 3.89. The Labute approximate surface area is 107 Å². The first-order valence-electron chi connectivity index (χ1n) is 7.24. The van der Waals surface area contributed by atoms with Crippen LogP contribution >= 0.6 is 0 Å². The summed E-state index contributed by atoms with van der Waals surface area (Å²) in [6.45, 7) is 14.9. The summed E-state index contributed by atoms with van der Waals surface area (Å²) in [7, 11) is 0. The number of hydrogen-bond donors (Lipinski definition) is 0. The molecule has 0 aromatic carbocycles. The molecule has 2 fully saturated rings. The maximum Gasteiger partial charge on any atom is 0.0249 e. The molecule has 17 heavy (non-hydrogen) atoms. The summed E-state index contributed by atoms with van der Waals surface area (Å²) in [5, 5.41) is 0. The Morgan fingerprint density at radius 1 is 1.29 bits per heavy atom. The van der Waals surface area contributed by atoms with E-state index in [-0.39, 0.29) is 0 Å². The van der Waals surface area contributed by atoms with Gasteiger partial charge in [0.25, 0.3) is 0 Å². The normalized spacial score (nSPS) is 32.7. The number of piperazine rings is 1. The van der Waals surface area contributed by atoms with Crippen molar-refractivity contribution in [3.8, 4) is 0 Å². The van der Waals surface area contributed by atoms with Crippen molar-refractivity contribution in [2.24, 2.45) is 5.92 Å². The lowest BCUT2D eigenvalue weighted by Gasteiger charge is -2.48. The lowest BCUT2D eigenvalue weighted by atomic mass is 9.95. The fourth-order valence-electron chi connectivity index (χ4n) is 3.54. The molecule has 2 aliphatic rings. The second kappa shape index (κ2) is 5.53. The molecule has 0 N–H and O–H groups in total. The highest BCUT2D eigenvalue weighted by molar-refractivity contribution is 4.95. The second-order valence-corrected chi connectivity index (χ2v) is 6.17. The van der Waals surface area contributed by atoms with E-state index in [9.17, 15) is 0 Å². The van der Waals surface area contributed by atoms with Crippen LogP contribution in [0.15, 0.2) is 12.7 Å². The molecule has 0 saturated carbocycles. The molecule has 2 saturated heterocycles. The molecule has 0 radical (unpaired) electrons. The number of rotatable bonds is 4. The zero-order chi connectivity index (χ0) is 12.4. The minimum absolute atomic E-state index is 0.655. The predicted molar refractivity (Wildman–Crippen MR) is 74.2 cm³/mol. The van der Waals surface area contributed by atoms with Gasteiger partial charge in [0.2, 0.25) is 0 Å². The minimum atomic E-state index is 0.655. The van der Waals surface area contributed by atoms with Crippen LogP contribution < -0.4 is 0 Å². The fourth-order valence-corrected chi connectivity index (χ4v) is 3.54. The van der Waals surface area contributed by atoms with Gasteiger partial charge in [-0.15, -0.1) is 6.58 Å². The van der Waals surface area contributed by atoms with Gasteiger partial charge in [-0.1, -0.05) is 19.9 Å². The smallest absolute Gasteiger partial charge is 0.0249 e. The zero-order valence-corrected chi connectivity index (χ0v) is 11.7. The fraction of sp³-hybridized carbons (Fsp3) is 0.867. The van der Waals surface area contributed by atoms with E-state index in [2.05, 4.69) is 43.2 Å². The van der Waals surface area contributed by atoms with E-state index in [1.165, 1.54) is 32.5 Å². The van der Waals surface area contributed by atoms with Crippen LogP contribution in [0, 0.1) is 5.92 Å². The van der Waals surface area contributed by atoms with Crippen molar-refractivity contribution in [2.45, 2.75) is 58.2 Å². The number of fused-ring (bicyclic) bond motifs is 1. The topological polar surface area (TPSA) is 6.48 Å². The quantitative estimate of drug-likeness (QED) is 0.693. The lowest BCUT2D eigenvalue weighted by Crippen LogP contribution is -2.60. The van der Waals surface area contributed by atoms with Gasteiger partial charge in [-0.3, -0.25) is 9.80 Å². The molecule has 2 heterocycles. The van der Waals surface area contributed by atoms with Gasteiger partial charge >= 0.3 is 0 Å². The SMILES string of the molecule is C=CCC(C)N1CC2CCCN2CC1C(C)C. The largest absolute Gasteiger partial charge is 0.298 e. The summed E-state index contributed by atoms with van der Waals surface area (Å²) in [6, 6.07) is 2.22. The molecule has 2 nitrogen and oxygen atoms in total. The van der Waals surface area contributed by atoms with Crippen LogP contribution in [0.4, 0.5) is 0 Å². The van der Waals surface area contributed by atoms with Crippen molar-refractivity contribution >= 4 is 0 Å². The van der Waals surface area contributed by atoms with Crippen molar-refractivity contribution < 1.29 is 0 Å². The monoisotopic (exact) mass is 236 g/mol. The maximum absolute atomic E-state index is 3.89. The van der Waals surface area contributed by atoms with E-state index in [0.717, 1.165) is 24.4 Å². The summed E-state index contributed by atoms with van der Waals surface area (Å²) in [5.74, 6) is 0.754. The van der Waals surface area contributed by atoms with Gasteiger partial charge in [0.05, 0.1) is 0 Å². The van der Waals surface area contributed by atoms with Gasteiger partial charge < -0.3 is 0 Å². The number of nitrogens with zero attached hydrogens (tertiary/aromatic N) is 2. The molecule has 3 unspecified atom stereocenters. The molecule has 98 valence electrons. The van der Waals surface area contributed by atoms with E-state index in [1.807, 2.05) is 0 Å². The third-order valence-corrected chi connectivity index (χ3v) is 4.61. The van der Waals surface area contributed by atoms with Gasteiger partial charge in [-0.05, 0) is 38.6 Å². The summed E-state index contributed by atoms with van der Waals surface area (Å²) >= 11 is 0. The van der Waals surface area contributed by atoms with E-state index < -0.39 is 0 Å². The highest BCUT2D eigenvalue weighted by atomic mass is 15.3. The molecule has 2 heteroatoms. The Kier molecular flexibility index (Phi) is 4.26. The molecule has 0 aromatic heterocycles. The zero-order valence-electron chi connectivity index (χ0n) is 11.7. The van der Waals surface area contributed by atoms with Gasteiger partial charge in [0.15, 0.2) is 0 Å². The summed E-state index contributed by atoms with van der Waals surface area (Å²) in [6.07, 6.45) is 6.00. The van der Waals surface area contributed by atoms with Crippen molar-refractivity contribution in [2.75, 3.05) is 19.6 Å². The van der Waals surface area contributed by atoms with E-state index >= 15 is 0 Å². The van der Waals surface area contributed by atoms with Gasteiger partial charge in [-0.2, -0.15) is 0 Å². The van der Waals surface area contributed by atoms with Crippen LogP contribution in [0.3, 0.4) is 0 Å². The highest BCUT2D eigenvalue weighted by Gasteiger charge is 2.38. The molecule has 2 aliphatic heterocycles. The molecular weight excluding hydrogens is 208 g/mol. The number of hydrogen-bond acceptors (Lipinski definition) is 2. The van der Waals surface area contributed by atoms with Crippen molar-refractivity contribution in [1.82, 2.24) is 9.80 Å². The minimum Gasteiger partial charge on any atom is -0.298 e. The van der Waals surface area contributed by atoms with Crippen LogP contribution in [-0.4, -0.2) is 47.6 Å². The average molecular weight is 236 g/mol. The second-order valence-electron chi connectivity index (χ2n) is 6.17.